The van der Waals surface area contributed by atoms with Crippen LogP contribution in [-0.2, 0) is 9.84 Å². The van der Waals surface area contributed by atoms with Crippen molar-refractivity contribution in [2.24, 2.45) is 0 Å². The average Bonchev–Trinajstić information content (AvgIpc) is 2.37. The molecule has 1 heterocycles. The zero-order valence-corrected chi connectivity index (χ0v) is 13.2. The zero-order valence-electron chi connectivity index (χ0n) is 12.4. The monoisotopic (exact) mass is 310 g/mol. The molecule has 21 heavy (non-hydrogen) atoms. The molecule has 5 nitrogen and oxygen atoms in total. The van der Waals surface area contributed by atoms with Crippen molar-refractivity contribution < 1.29 is 13.2 Å². The largest absolute Gasteiger partial charge is 0.381 e. The van der Waals surface area contributed by atoms with Gasteiger partial charge in [-0.2, -0.15) is 0 Å². The van der Waals surface area contributed by atoms with Crippen LogP contribution in [0.15, 0.2) is 24.3 Å². The lowest BCUT2D eigenvalue weighted by Crippen LogP contribution is -2.34. The van der Waals surface area contributed by atoms with E-state index in [9.17, 15) is 13.2 Å². The molecule has 0 spiro atoms. The van der Waals surface area contributed by atoms with Gasteiger partial charge in [-0.25, -0.2) is 8.42 Å². The van der Waals surface area contributed by atoms with Crippen LogP contribution in [-0.4, -0.2) is 37.9 Å². The summed E-state index contributed by atoms with van der Waals surface area (Å²) in [7, 11) is -2.91. The van der Waals surface area contributed by atoms with Crippen molar-refractivity contribution in [2.45, 2.75) is 38.8 Å². The third kappa shape index (κ3) is 4.74. The van der Waals surface area contributed by atoms with E-state index in [4.69, 9.17) is 0 Å². The quantitative estimate of drug-likeness (QED) is 0.889. The molecule has 1 atom stereocenters. The van der Waals surface area contributed by atoms with E-state index in [2.05, 4.69) is 10.6 Å². The number of anilines is 1. The maximum atomic E-state index is 11.8. The third-order valence-corrected chi connectivity index (χ3v) is 5.22. The lowest BCUT2D eigenvalue weighted by Gasteiger charge is -2.24. The third-order valence-electron chi connectivity index (χ3n) is 3.40. The smallest absolute Gasteiger partial charge is 0.251 e. The van der Waals surface area contributed by atoms with Gasteiger partial charge >= 0.3 is 0 Å². The fourth-order valence-corrected chi connectivity index (χ4v) is 4.07. The van der Waals surface area contributed by atoms with Gasteiger partial charge in [0, 0.05) is 23.3 Å². The number of hydrogen-bond acceptors (Lipinski definition) is 4. The van der Waals surface area contributed by atoms with E-state index in [1.54, 1.807) is 12.1 Å². The van der Waals surface area contributed by atoms with Gasteiger partial charge in [-0.3, -0.25) is 4.79 Å². The Bertz CT molecular complexity index is 594. The highest BCUT2D eigenvalue weighted by Gasteiger charge is 2.24. The van der Waals surface area contributed by atoms with Crippen LogP contribution >= 0.6 is 0 Å². The Hall–Kier alpha value is -1.56. The summed E-state index contributed by atoms with van der Waals surface area (Å²) in [5, 5.41) is 6.06. The Morgan fingerprint density at radius 1 is 1.24 bits per heavy atom. The van der Waals surface area contributed by atoms with Gasteiger partial charge in [0.05, 0.1) is 11.5 Å². The van der Waals surface area contributed by atoms with Gasteiger partial charge in [-0.15, -0.1) is 0 Å². The highest BCUT2D eigenvalue weighted by Crippen LogP contribution is 2.18. The molecule has 0 aliphatic carbocycles. The first-order valence-electron chi connectivity index (χ1n) is 7.23. The van der Waals surface area contributed by atoms with Gasteiger partial charge in [0.1, 0.15) is 0 Å². The molecule has 0 radical (unpaired) electrons. The fraction of sp³-hybridized carbons (Fsp3) is 0.533. The van der Waals surface area contributed by atoms with Crippen molar-refractivity contribution in [3.63, 3.8) is 0 Å². The number of rotatable bonds is 4. The zero-order chi connectivity index (χ0) is 15.5. The molecule has 1 unspecified atom stereocenters. The Morgan fingerprint density at radius 3 is 2.48 bits per heavy atom. The molecule has 1 aromatic rings. The number of sulfone groups is 1. The highest BCUT2D eigenvalue weighted by atomic mass is 32.2. The lowest BCUT2D eigenvalue weighted by atomic mass is 10.1. The second kappa shape index (κ2) is 6.47. The highest BCUT2D eigenvalue weighted by molar-refractivity contribution is 7.91. The molecule has 1 amide bonds. The number of benzene rings is 1. The van der Waals surface area contributed by atoms with Gasteiger partial charge in [0.2, 0.25) is 0 Å². The lowest BCUT2D eigenvalue weighted by molar-refractivity contribution is 0.0943. The SMILES string of the molecule is CC(C)NC(=O)c1ccc(NC2CCCS(=O)(=O)C2)cc1. The molecular formula is C15H22N2O3S. The molecule has 1 aromatic carbocycles. The molecular weight excluding hydrogens is 288 g/mol. The molecule has 0 aromatic heterocycles. The Morgan fingerprint density at radius 2 is 1.90 bits per heavy atom. The second-order valence-electron chi connectivity index (χ2n) is 5.80. The van der Waals surface area contributed by atoms with Gasteiger partial charge in [-0.05, 0) is 51.0 Å². The molecule has 1 aliphatic heterocycles. The van der Waals surface area contributed by atoms with E-state index in [1.807, 2.05) is 26.0 Å². The topological polar surface area (TPSA) is 75.3 Å². The van der Waals surface area contributed by atoms with E-state index < -0.39 is 9.84 Å². The molecule has 0 saturated carbocycles. The van der Waals surface area contributed by atoms with Crippen molar-refractivity contribution in [2.75, 3.05) is 16.8 Å². The van der Waals surface area contributed by atoms with E-state index in [1.165, 1.54) is 0 Å². The first-order chi connectivity index (χ1) is 9.85. The van der Waals surface area contributed by atoms with Gasteiger partial charge < -0.3 is 10.6 Å². The number of nitrogens with one attached hydrogen (secondary N) is 2. The van der Waals surface area contributed by atoms with Crippen LogP contribution in [0.2, 0.25) is 0 Å². The summed E-state index contributed by atoms with van der Waals surface area (Å²) in [6.07, 6.45) is 1.56. The number of hydrogen-bond donors (Lipinski definition) is 2. The predicted molar refractivity (Wildman–Crippen MR) is 84.3 cm³/mol. The van der Waals surface area contributed by atoms with Crippen LogP contribution in [0.1, 0.15) is 37.0 Å². The maximum Gasteiger partial charge on any atom is 0.251 e. The number of carbonyl (C=O) groups is 1. The first kappa shape index (κ1) is 15.8. The van der Waals surface area contributed by atoms with Crippen LogP contribution in [0.4, 0.5) is 5.69 Å². The molecule has 1 aliphatic rings. The minimum Gasteiger partial charge on any atom is -0.381 e. The Labute approximate surface area is 126 Å². The van der Waals surface area contributed by atoms with Gasteiger partial charge in [-0.1, -0.05) is 0 Å². The van der Waals surface area contributed by atoms with Crippen LogP contribution in [0.5, 0.6) is 0 Å². The van der Waals surface area contributed by atoms with E-state index in [0.717, 1.165) is 12.1 Å². The van der Waals surface area contributed by atoms with Crippen LogP contribution < -0.4 is 10.6 Å². The molecule has 2 N–H and O–H groups in total. The van der Waals surface area contributed by atoms with Crippen molar-refractivity contribution in [3.8, 4) is 0 Å². The van der Waals surface area contributed by atoms with E-state index >= 15 is 0 Å². The van der Waals surface area contributed by atoms with Crippen molar-refractivity contribution in [1.82, 2.24) is 5.32 Å². The van der Waals surface area contributed by atoms with Crippen LogP contribution in [0.25, 0.3) is 0 Å². The summed E-state index contributed by atoms with van der Waals surface area (Å²) in [6.45, 7) is 3.83. The number of amides is 1. The standard InChI is InChI=1S/C15H22N2O3S/c1-11(2)16-15(18)12-5-7-13(8-6-12)17-14-4-3-9-21(19,20)10-14/h5-8,11,14,17H,3-4,9-10H2,1-2H3,(H,16,18). The summed E-state index contributed by atoms with van der Waals surface area (Å²) in [5.41, 5.74) is 1.45. The normalized spacial score (nSPS) is 21.0. The molecule has 116 valence electrons. The molecule has 6 heteroatoms. The summed E-state index contributed by atoms with van der Waals surface area (Å²) in [4.78, 5) is 11.8. The minimum atomic E-state index is -2.91. The fourth-order valence-electron chi connectivity index (χ4n) is 2.44. The molecule has 1 fully saturated rings. The molecule has 0 bridgehead atoms. The minimum absolute atomic E-state index is 0.0425. The second-order valence-corrected chi connectivity index (χ2v) is 8.03. The maximum absolute atomic E-state index is 11.8. The predicted octanol–water partition coefficient (Wildman–Crippen LogP) is 1.81. The van der Waals surface area contributed by atoms with Crippen LogP contribution in [0, 0.1) is 0 Å². The van der Waals surface area contributed by atoms with Gasteiger partial charge in [0.25, 0.3) is 5.91 Å². The summed E-state index contributed by atoms with van der Waals surface area (Å²) in [5.74, 6) is 0.374. The van der Waals surface area contributed by atoms with Crippen molar-refractivity contribution >= 4 is 21.4 Å². The molecule has 2 rings (SSSR count). The summed E-state index contributed by atoms with van der Waals surface area (Å²) in [6, 6.07) is 7.18. The van der Waals surface area contributed by atoms with Crippen LogP contribution in [0.3, 0.4) is 0 Å². The number of carbonyl (C=O) groups excluding carboxylic acids is 1. The first-order valence-corrected chi connectivity index (χ1v) is 9.06. The average molecular weight is 310 g/mol. The van der Waals surface area contributed by atoms with Gasteiger partial charge in [0.15, 0.2) is 9.84 Å². The summed E-state index contributed by atoms with van der Waals surface area (Å²) >= 11 is 0. The molecule has 1 saturated heterocycles. The Balaban J connectivity index is 1.98. The van der Waals surface area contributed by atoms with E-state index in [0.29, 0.717) is 17.7 Å². The van der Waals surface area contributed by atoms with Crippen molar-refractivity contribution in [3.05, 3.63) is 29.8 Å². The van der Waals surface area contributed by atoms with E-state index in [-0.39, 0.29) is 23.7 Å². The summed E-state index contributed by atoms with van der Waals surface area (Å²) < 4.78 is 23.2. The van der Waals surface area contributed by atoms with Crippen molar-refractivity contribution in [1.29, 1.82) is 0 Å². The Kier molecular flexibility index (Phi) is 4.88.